The first-order valence-corrected chi connectivity index (χ1v) is 7.56. The van der Waals surface area contributed by atoms with Crippen molar-refractivity contribution in [2.24, 2.45) is 0 Å². The highest BCUT2D eigenvalue weighted by molar-refractivity contribution is 6.29. The molecule has 25 heavy (non-hydrogen) atoms. The molecule has 3 aromatic rings. The van der Waals surface area contributed by atoms with Gasteiger partial charge in [-0.25, -0.2) is 0 Å². The Morgan fingerprint density at radius 1 is 1.04 bits per heavy atom. The van der Waals surface area contributed by atoms with Crippen LogP contribution in [0.3, 0.4) is 0 Å². The van der Waals surface area contributed by atoms with Crippen LogP contribution in [-0.2, 0) is 0 Å². The number of hydrogen-bond acceptors (Lipinski definition) is 5. The maximum Gasteiger partial charge on any atom is 0.270 e. The molecule has 0 spiro atoms. The number of rotatable bonds is 4. The topological polar surface area (TPSA) is 98.0 Å². The third-order valence-corrected chi connectivity index (χ3v) is 3.57. The van der Waals surface area contributed by atoms with Crippen molar-refractivity contribution in [3.63, 3.8) is 0 Å². The largest absolute Gasteiger partial charge is 0.322 e. The molecule has 0 radical (unpaired) electrons. The molecule has 0 saturated carbocycles. The Morgan fingerprint density at radius 3 is 2.56 bits per heavy atom. The number of amides is 1. The lowest BCUT2D eigenvalue weighted by Gasteiger charge is -2.07. The second-order valence-electron chi connectivity index (χ2n) is 5.08. The molecule has 0 saturated heterocycles. The Kier molecular flexibility index (Phi) is 4.67. The van der Waals surface area contributed by atoms with Gasteiger partial charge in [0.05, 0.1) is 10.6 Å². The number of carbonyl (C=O) groups is 1. The predicted octanol–water partition coefficient (Wildman–Crippen LogP) is 3.96. The van der Waals surface area contributed by atoms with Crippen LogP contribution in [-0.4, -0.2) is 21.0 Å². The lowest BCUT2D eigenvalue weighted by Crippen LogP contribution is -2.12. The molecule has 1 N–H and O–H groups in total. The smallest absolute Gasteiger partial charge is 0.270 e. The summed E-state index contributed by atoms with van der Waals surface area (Å²) in [5.41, 5.74) is 1.95. The molecule has 3 rings (SSSR count). The molecule has 1 aromatic heterocycles. The summed E-state index contributed by atoms with van der Waals surface area (Å²) in [7, 11) is 0. The van der Waals surface area contributed by atoms with Crippen molar-refractivity contribution >= 4 is 28.9 Å². The summed E-state index contributed by atoms with van der Waals surface area (Å²) in [4.78, 5) is 22.6. The van der Waals surface area contributed by atoms with Gasteiger partial charge >= 0.3 is 0 Å². The van der Waals surface area contributed by atoms with E-state index in [0.717, 1.165) is 5.56 Å². The Labute approximate surface area is 147 Å². The molecule has 8 heteroatoms. The van der Waals surface area contributed by atoms with Crippen molar-refractivity contribution in [2.75, 3.05) is 5.32 Å². The molecule has 0 bridgehead atoms. The molecule has 0 fully saturated rings. The molecule has 7 nitrogen and oxygen atoms in total. The molecule has 124 valence electrons. The van der Waals surface area contributed by atoms with Crippen LogP contribution in [0.5, 0.6) is 0 Å². The maximum atomic E-state index is 12.3. The number of benzene rings is 2. The van der Waals surface area contributed by atoms with E-state index in [2.05, 4.69) is 15.5 Å². The minimum atomic E-state index is -0.545. The highest BCUT2D eigenvalue weighted by atomic mass is 35.5. The Hall–Kier alpha value is -3.32. The van der Waals surface area contributed by atoms with Gasteiger partial charge in [0.1, 0.15) is 0 Å². The van der Waals surface area contributed by atoms with Crippen LogP contribution in [0.4, 0.5) is 11.4 Å². The lowest BCUT2D eigenvalue weighted by molar-refractivity contribution is -0.384. The average Bonchev–Trinajstić information content (AvgIpc) is 2.62. The van der Waals surface area contributed by atoms with Crippen molar-refractivity contribution in [1.82, 2.24) is 10.2 Å². The molecule has 0 atom stereocenters. The molecule has 0 aliphatic rings. The van der Waals surface area contributed by atoms with Crippen molar-refractivity contribution < 1.29 is 9.72 Å². The standard InChI is InChI=1S/C17H11ClN4O3/c18-16-8-7-15(20-21-16)11-3-1-5-13(9-11)19-17(23)12-4-2-6-14(10-12)22(24)25/h1-10H,(H,19,23). The lowest BCUT2D eigenvalue weighted by atomic mass is 10.1. The van der Waals surface area contributed by atoms with Crippen molar-refractivity contribution in [1.29, 1.82) is 0 Å². The maximum absolute atomic E-state index is 12.3. The number of aromatic nitrogens is 2. The highest BCUT2D eigenvalue weighted by Crippen LogP contribution is 2.22. The first kappa shape index (κ1) is 16.5. The van der Waals surface area contributed by atoms with E-state index in [-0.39, 0.29) is 11.3 Å². The van der Waals surface area contributed by atoms with Gasteiger partial charge in [0, 0.05) is 28.9 Å². The van der Waals surface area contributed by atoms with E-state index in [9.17, 15) is 14.9 Å². The number of anilines is 1. The third kappa shape index (κ3) is 3.96. The van der Waals surface area contributed by atoms with Crippen molar-refractivity contribution in [3.05, 3.63) is 81.5 Å². The number of nitrogens with one attached hydrogen (secondary N) is 1. The van der Waals surface area contributed by atoms with E-state index in [1.807, 2.05) is 6.07 Å². The summed E-state index contributed by atoms with van der Waals surface area (Å²) in [6.45, 7) is 0. The molecule has 0 aliphatic heterocycles. The summed E-state index contributed by atoms with van der Waals surface area (Å²) in [6, 6.07) is 15.9. The van der Waals surface area contributed by atoms with Crippen LogP contribution in [0.25, 0.3) is 11.3 Å². The minimum Gasteiger partial charge on any atom is -0.322 e. The second kappa shape index (κ2) is 7.06. The number of non-ortho nitro benzene ring substituents is 1. The number of nitrogens with zero attached hydrogens (tertiary/aromatic N) is 3. The van der Waals surface area contributed by atoms with Crippen LogP contribution in [0.1, 0.15) is 10.4 Å². The third-order valence-electron chi connectivity index (χ3n) is 3.37. The second-order valence-corrected chi connectivity index (χ2v) is 5.47. The first-order valence-electron chi connectivity index (χ1n) is 7.18. The van der Waals surface area contributed by atoms with Gasteiger partial charge in [0.2, 0.25) is 0 Å². The first-order chi connectivity index (χ1) is 12.0. The van der Waals surface area contributed by atoms with Crippen molar-refractivity contribution in [3.8, 4) is 11.3 Å². The normalized spacial score (nSPS) is 10.3. The summed E-state index contributed by atoms with van der Waals surface area (Å²) >= 11 is 5.72. The quantitative estimate of drug-likeness (QED) is 0.565. The average molecular weight is 355 g/mol. The van der Waals surface area contributed by atoms with E-state index in [1.165, 1.54) is 24.3 Å². The number of nitro benzene ring substituents is 1. The van der Waals surface area contributed by atoms with Gasteiger partial charge in [-0.05, 0) is 30.3 Å². The van der Waals surface area contributed by atoms with Crippen LogP contribution < -0.4 is 5.32 Å². The number of hydrogen-bond donors (Lipinski definition) is 1. The van der Waals surface area contributed by atoms with Gasteiger partial charge in [0.15, 0.2) is 5.15 Å². The monoisotopic (exact) mass is 354 g/mol. The zero-order valence-electron chi connectivity index (χ0n) is 12.7. The number of halogens is 1. The van der Waals surface area contributed by atoms with Gasteiger partial charge in [-0.15, -0.1) is 10.2 Å². The molecule has 1 heterocycles. The van der Waals surface area contributed by atoms with Crippen molar-refractivity contribution in [2.45, 2.75) is 0 Å². The van der Waals surface area contributed by atoms with Crippen LogP contribution in [0.15, 0.2) is 60.7 Å². The summed E-state index contributed by atoms with van der Waals surface area (Å²) < 4.78 is 0. The Morgan fingerprint density at radius 2 is 1.84 bits per heavy atom. The highest BCUT2D eigenvalue weighted by Gasteiger charge is 2.12. The zero-order chi connectivity index (χ0) is 17.8. The minimum absolute atomic E-state index is 0.141. The number of carbonyl (C=O) groups excluding carboxylic acids is 1. The van der Waals surface area contributed by atoms with Gasteiger partial charge in [-0.3, -0.25) is 14.9 Å². The molecule has 1 amide bonds. The SMILES string of the molecule is O=C(Nc1cccc(-c2ccc(Cl)nn2)c1)c1cccc([N+](=O)[O-])c1. The molecular formula is C17H11ClN4O3. The molecule has 2 aromatic carbocycles. The van der Waals surface area contributed by atoms with E-state index < -0.39 is 10.8 Å². The molecular weight excluding hydrogens is 344 g/mol. The predicted molar refractivity (Wildman–Crippen MR) is 93.5 cm³/mol. The van der Waals surface area contributed by atoms with Crippen LogP contribution in [0, 0.1) is 10.1 Å². The molecule has 0 aliphatic carbocycles. The van der Waals surface area contributed by atoms with Crippen LogP contribution in [0.2, 0.25) is 5.15 Å². The fourth-order valence-corrected chi connectivity index (χ4v) is 2.29. The fourth-order valence-electron chi connectivity index (χ4n) is 2.19. The molecule has 0 unspecified atom stereocenters. The Bertz CT molecular complexity index is 945. The Balaban J connectivity index is 1.82. The number of nitro groups is 1. The van der Waals surface area contributed by atoms with E-state index in [4.69, 9.17) is 11.6 Å². The van der Waals surface area contributed by atoms with Crippen LogP contribution >= 0.6 is 11.6 Å². The van der Waals surface area contributed by atoms with E-state index in [1.54, 1.807) is 30.3 Å². The fraction of sp³-hybridized carbons (Fsp3) is 0. The summed E-state index contributed by atoms with van der Waals surface area (Å²) in [6.07, 6.45) is 0. The van der Waals surface area contributed by atoms with Gasteiger partial charge in [-0.2, -0.15) is 0 Å². The van der Waals surface area contributed by atoms with E-state index in [0.29, 0.717) is 16.5 Å². The van der Waals surface area contributed by atoms with Gasteiger partial charge in [0.25, 0.3) is 11.6 Å². The summed E-state index contributed by atoms with van der Waals surface area (Å²) in [5.74, 6) is -0.442. The van der Waals surface area contributed by atoms with Gasteiger partial charge < -0.3 is 5.32 Å². The van der Waals surface area contributed by atoms with E-state index >= 15 is 0 Å². The summed E-state index contributed by atoms with van der Waals surface area (Å²) in [5, 5.41) is 21.6. The van der Waals surface area contributed by atoms with Gasteiger partial charge in [-0.1, -0.05) is 29.8 Å². The zero-order valence-corrected chi connectivity index (χ0v) is 13.5.